The van der Waals surface area contributed by atoms with Crippen LogP contribution in [0.1, 0.15) is 200 Å². The van der Waals surface area contributed by atoms with Crippen LogP contribution in [0, 0.1) is 0 Å². The van der Waals surface area contributed by atoms with Gasteiger partial charge in [-0.2, -0.15) is 0 Å². The Morgan fingerprint density at radius 1 is 0.551 bits per heavy atom. The van der Waals surface area contributed by atoms with Crippen molar-refractivity contribution in [3.63, 3.8) is 0 Å². The molecule has 286 valence electrons. The third kappa shape index (κ3) is 35.7. The number of hydrogen-bond acceptors (Lipinski definition) is 5. The minimum atomic E-state index is -0.873. The van der Waals surface area contributed by atoms with Gasteiger partial charge in [0.25, 0.3) is 0 Å². The number of esters is 1. The zero-order chi connectivity index (χ0) is 35.9. The molecule has 0 bridgehead atoms. The number of rotatable bonds is 37. The number of amides is 1. The molecule has 6 heteroatoms. The Morgan fingerprint density at radius 2 is 0.980 bits per heavy atom. The topological polar surface area (TPSA) is 95.9 Å². The third-order valence-corrected chi connectivity index (χ3v) is 9.13. The molecule has 0 aliphatic rings. The number of unbranched alkanes of at least 4 members (excludes halogenated alkanes) is 22. The molecule has 0 spiro atoms. The first-order valence-electron chi connectivity index (χ1n) is 20.8. The molecule has 1 amide bonds. The lowest BCUT2D eigenvalue weighted by molar-refractivity contribution is -0.143. The van der Waals surface area contributed by atoms with Gasteiger partial charge in [0.1, 0.15) is 0 Å². The smallest absolute Gasteiger partial charge is 0.305 e. The van der Waals surface area contributed by atoms with Gasteiger partial charge >= 0.3 is 5.97 Å². The molecule has 2 unspecified atom stereocenters. The highest BCUT2D eigenvalue weighted by molar-refractivity contribution is 5.76. The van der Waals surface area contributed by atoms with E-state index in [2.05, 4.69) is 43.5 Å². The van der Waals surface area contributed by atoms with E-state index in [-0.39, 0.29) is 18.5 Å². The van der Waals surface area contributed by atoms with Gasteiger partial charge in [-0.1, -0.05) is 147 Å². The van der Waals surface area contributed by atoms with Crippen molar-refractivity contribution in [1.82, 2.24) is 5.32 Å². The average molecular weight is 690 g/mol. The molecule has 0 saturated carbocycles. The van der Waals surface area contributed by atoms with Gasteiger partial charge in [-0.25, -0.2) is 0 Å². The highest BCUT2D eigenvalue weighted by atomic mass is 16.5. The van der Waals surface area contributed by atoms with Crippen LogP contribution >= 0.6 is 0 Å². The average Bonchev–Trinajstić information content (AvgIpc) is 3.10. The quantitative estimate of drug-likeness (QED) is 0.0343. The normalized spacial score (nSPS) is 13.1. The Bertz CT molecular complexity index is 808. The van der Waals surface area contributed by atoms with E-state index >= 15 is 0 Å². The Labute approximate surface area is 303 Å². The Morgan fingerprint density at radius 3 is 1.53 bits per heavy atom. The largest absolute Gasteiger partial charge is 0.466 e. The molecular weight excluding hydrogens is 610 g/mol. The van der Waals surface area contributed by atoms with E-state index in [1.807, 2.05) is 6.08 Å². The van der Waals surface area contributed by atoms with Crippen LogP contribution in [-0.4, -0.2) is 47.4 Å². The number of carbonyl (C=O) groups excluding carboxylic acids is 2. The second kappa shape index (κ2) is 38.9. The number of carbonyl (C=O) groups is 2. The molecule has 0 fully saturated rings. The van der Waals surface area contributed by atoms with Crippen molar-refractivity contribution in [2.45, 2.75) is 212 Å². The van der Waals surface area contributed by atoms with Crippen LogP contribution in [0.15, 0.2) is 36.5 Å². The molecule has 49 heavy (non-hydrogen) atoms. The summed E-state index contributed by atoms with van der Waals surface area (Å²) >= 11 is 0. The molecule has 0 rings (SSSR count). The molecule has 3 N–H and O–H groups in total. The summed E-state index contributed by atoms with van der Waals surface area (Å²) in [6.45, 7) is 4.74. The van der Waals surface area contributed by atoms with E-state index in [9.17, 15) is 19.8 Å². The molecule has 0 saturated heterocycles. The van der Waals surface area contributed by atoms with E-state index in [1.165, 1.54) is 103 Å². The van der Waals surface area contributed by atoms with Crippen molar-refractivity contribution in [2.24, 2.45) is 0 Å². The Kier molecular flexibility index (Phi) is 37.4. The van der Waals surface area contributed by atoms with Crippen molar-refractivity contribution in [2.75, 3.05) is 13.2 Å². The molecule has 6 nitrogen and oxygen atoms in total. The van der Waals surface area contributed by atoms with Crippen LogP contribution in [0.4, 0.5) is 0 Å². The predicted octanol–water partition coefficient (Wildman–Crippen LogP) is 11.4. The van der Waals surface area contributed by atoms with Gasteiger partial charge in [-0.15, -0.1) is 0 Å². The van der Waals surface area contributed by atoms with Gasteiger partial charge in [-0.05, 0) is 77.0 Å². The summed E-state index contributed by atoms with van der Waals surface area (Å²) in [5.74, 6) is -0.183. The van der Waals surface area contributed by atoms with Gasteiger partial charge in [0.05, 0.1) is 25.4 Å². The van der Waals surface area contributed by atoms with Gasteiger partial charge in [-0.3, -0.25) is 9.59 Å². The first-order valence-corrected chi connectivity index (χ1v) is 20.8. The van der Waals surface area contributed by atoms with E-state index in [0.29, 0.717) is 19.4 Å². The maximum atomic E-state index is 12.3. The fourth-order valence-corrected chi connectivity index (χ4v) is 5.86. The first-order chi connectivity index (χ1) is 24.0. The van der Waals surface area contributed by atoms with Crippen molar-refractivity contribution >= 4 is 11.9 Å². The standard InChI is InChI=1S/C43H79NO5/c1-3-5-7-9-11-13-15-17-21-25-29-33-37-43(48)49-38-34-30-26-22-18-20-24-28-32-36-42(47)44-40(39-45)41(46)35-31-27-23-19-16-14-12-10-8-6-4-2/h11,13,20,24,31,35,40-41,45-46H,3-10,12,14-19,21-23,25-30,32-34,36-39H2,1-2H3,(H,44,47)/b13-11-,24-20-,35-31+. The molecule has 0 heterocycles. The maximum Gasteiger partial charge on any atom is 0.305 e. The van der Waals surface area contributed by atoms with Crippen molar-refractivity contribution in [3.05, 3.63) is 36.5 Å². The van der Waals surface area contributed by atoms with E-state index in [4.69, 9.17) is 4.74 Å². The molecule has 0 radical (unpaired) electrons. The van der Waals surface area contributed by atoms with Crippen molar-refractivity contribution in [3.8, 4) is 0 Å². The minimum absolute atomic E-state index is 0.0499. The summed E-state index contributed by atoms with van der Waals surface area (Å²) in [7, 11) is 0. The monoisotopic (exact) mass is 690 g/mol. The Hall–Kier alpha value is -1.92. The molecule has 0 aromatic heterocycles. The second-order valence-corrected chi connectivity index (χ2v) is 14.0. The van der Waals surface area contributed by atoms with Crippen LogP contribution in [0.3, 0.4) is 0 Å². The summed E-state index contributed by atoms with van der Waals surface area (Å²) in [5, 5.41) is 22.8. The van der Waals surface area contributed by atoms with Crippen LogP contribution in [0.2, 0.25) is 0 Å². The predicted molar refractivity (Wildman–Crippen MR) is 209 cm³/mol. The second-order valence-electron chi connectivity index (χ2n) is 14.0. The zero-order valence-corrected chi connectivity index (χ0v) is 32.2. The van der Waals surface area contributed by atoms with Crippen LogP contribution < -0.4 is 5.32 Å². The summed E-state index contributed by atoms with van der Waals surface area (Å²) < 4.78 is 5.40. The maximum absolute atomic E-state index is 12.3. The summed E-state index contributed by atoms with van der Waals surface area (Å²) in [6, 6.07) is -0.664. The van der Waals surface area contributed by atoms with Gasteiger partial charge in [0, 0.05) is 12.8 Å². The van der Waals surface area contributed by atoms with Gasteiger partial charge in [0.2, 0.25) is 5.91 Å². The van der Waals surface area contributed by atoms with Crippen LogP contribution in [-0.2, 0) is 14.3 Å². The SMILES string of the molecule is CCCCC/C=C\CCCCCCCC(=O)OCCCCCC/C=C\CCCC(=O)NC(CO)C(O)/C=C/CCCCCCCCCCC. The van der Waals surface area contributed by atoms with Gasteiger partial charge in [0.15, 0.2) is 0 Å². The number of hydrogen-bond donors (Lipinski definition) is 3. The highest BCUT2D eigenvalue weighted by Gasteiger charge is 2.17. The molecule has 2 atom stereocenters. The van der Waals surface area contributed by atoms with Crippen molar-refractivity contribution in [1.29, 1.82) is 0 Å². The summed E-state index contributed by atoms with van der Waals surface area (Å²) in [5.41, 5.74) is 0. The first kappa shape index (κ1) is 47.1. The lowest BCUT2D eigenvalue weighted by Gasteiger charge is -2.19. The van der Waals surface area contributed by atoms with E-state index in [1.54, 1.807) is 6.08 Å². The van der Waals surface area contributed by atoms with Crippen LogP contribution in [0.5, 0.6) is 0 Å². The van der Waals surface area contributed by atoms with Crippen LogP contribution in [0.25, 0.3) is 0 Å². The molecule has 0 aliphatic carbocycles. The number of aliphatic hydroxyl groups is 2. The fourth-order valence-electron chi connectivity index (χ4n) is 5.86. The van der Waals surface area contributed by atoms with E-state index in [0.717, 1.165) is 70.6 Å². The number of aliphatic hydroxyl groups excluding tert-OH is 2. The Balaban J connectivity index is 3.63. The fraction of sp³-hybridized carbons (Fsp3) is 0.814. The molecular formula is C43H79NO5. The van der Waals surface area contributed by atoms with Gasteiger partial charge < -0.3 is 20.3 Å². The third-order valence-electron chi connectivity index (χ3n) is 9.13. The lowest BCUT2D eigenvalue weighted by Crippen LogP contribution is -2.45. The molecule has 0 aliphatic heterocycles. The van der Waals surface area contributed by atoms with Crippen molar-refractivity contribution < 1.29 is 24.5 Å². The van der Waals surface area contributed by atoms with E-state index < -0.39 is 12.1 Å². The molecule has 0 aromatic carbocycles. The number of allylic oxidation sites excluding steroid dienone is 5. The minimum Gasteiger partial charge on any atom is -0.466 e. The highest BCUT2D eigenvalue weighted by Crippen LogP contribution is 2.12. The number of ether oxygens (including phenoxy) is 1. The zero-order valence-electron chi connectivity index (χ0n) is 32.2. The lowest BCUT2D eigenvalue weighted by atomic mass is 10.1. The molecule has 0 aromatic rings. The summed E-state index contributed by atoms with van der Waals surface area (Å²) in [6.07, 6.45) is 44.1. The number of nitrogens with one attached hydrogen (secondary N) is 1. The summed E-state index contributed by atoms with van der Waals surface area (Å²) in [4.78, 5) is 24.3.